The van der Waals surface area contributed by atoms with E-state index < -0.39 is 5.97 Å². The van der Waals surface area contributed by atoms with Crippen molar-refractivity contribution < 1.29 is 14.6 Å². The van der Waals surface area contributed by atoms with Gasteiger partial charge in [-0.2, -0.15) is 0 Å². The van der Waals surface area contributed by atoms with Crippen molar-refractivity contribution in [1.82, 2.24) is 0 Å². The summed E-state index contributed by atoms with van der Waals surface area (Å²) < 4.78 is 5.72. The molecule has 0 atom stereocenters. The molecule has 0 amide bonds. The van der Waals surface area contributed by atoms with Gasteiger partial charge in [0.15, 0.2) is 0 Å². The van der Waals surface area contributed by atoms with Crippen LogP contribution in [0.4, 0.5) is 0 Å². The molecule has 0 aliphatic carbocycles. The standard InChI is InChI=1S/C8H13IO3/c1-3-7(9)6(8(10)11)4-5-12-2/h3-5H2,1-2H3,(H,10,11)/b7-6-. The lowest BCUT2D eigenvalue weighted by Gasteiger charge is -2.03. The van der Waals surface area contributed by atoms with Crippen molar-refractivity contribution in [2.45, 2.75) is 19.8 Å². The number of allylic oxidation sites excluding steroid dienone is 1. The van der Waals surface area contributed by atoms with E-state index in [0.29, 0.717) is 18.6 Å². The Bertz CT molecular complexity index is 187. The first-order valence-electron chi connectivity index (χ1n) is 3.73. The summed E-state index contributed by atoms with van der Waals surface area (Å²) in [5.74, 6) is -0.835. The van der Waals surface area contributed by atoms with Crippen molar-refractivity contribution in [3.05, 3.63) is 9.15 Å². The zero-order valence-electron chi connectivity index (χ0n) is 7.26. The molecule has 0 saturated carbocycles. The van der Waals surface area contributed by atoms with E-state index in [1.54, 1.807) is 7.11 Å². The van der Waals surface area contributed by atoms with E-state index in [9.17, 15) is 4.79 Å². The lowest BCUT2D eigenvalue weighted by atomic mass is 10.1. The van der Waals surface area contributed by atoms with Crippen molar-refractivity contribution in [3.63, 3.8) is 0 Å². The number of carboxylic acid groups (broad SMARTS) is 1. The Morgan fingerprint density at radius 1 is 1.58 bits per heavy atom. The third-order valence-corrected chi connectivity index (χ3v) is 2.87. The first-order chi connectivity index (χ1) is 5.63. The van der Waals surface area contributed by atoms with Crippen LogP contribution < -0.4 is 0 Å². The average Bonchev–Trinajstić information content (AvgIpc) is 2.04. The summed E-state index contributed by atoms with van der Waals surface area (Å²) in [5.41, 5.74) is 0.472. The maximum Gasteiger partial charge on any atom is 0.332 e. The van der Waals surface area contributed by atoms with Gasteiger partial charge >= 0.3 is 5.97 Å². The van der Waals surface area contributed by atoms with Crippen LogP contribution in [0.15, 0.2) is 9.15 Å². The lowest BCUT2D eigenvalue weighted by molar-refractivity contribution is -0.132. The van der Waals surface area contributed by atoms with E-state index in [2.05, 4.69) is 22.6 Å². The fourth-order valence-electron chi connectivity index (χ4n) is 0.776. The Morgan fingerprint density at radius 2 is 2.17 bits per heavy atom. The SMILES string of the molecule is CC/C(I)=C(\CCOC)C(=O)O. The third kappa shape index (κ3) is 4.06. The van der Waals surface area contributed by atoms with Crippen molar-refractivity contribution in [2.75, 3.05) is 13.7 Å². The number of ether oxygens (including phenoxy) is 1. The first kappa shape index (κ1) is 11.9. The van der Waals surface area contributed by atoms with Gasteiger partial charge < -0.3 is 9.84 Å². The molecule has 0 aromatic rings. The summed E-state index contributed by atoms with van der Waals surface area (Å²) in [6, 6.07) is 0. The molecule has 3 nitrogen and oxygen atoms in total. The number of hydrogen-bond donors (Lipinski definition) is 1. The zero-order valence-corrected chi connectivity index (χ0v) is 9.42. The Balaban J connectivity index is 4.33. The van der Waals surface area contributed by atoms with Gasteiger partial charge in [-0.15, -0.1) is 0 Å². The number of aliphatic carboxylic acids is 1. The van der Waals surface area contributed by atoms with Gasteiger partial charge in [0.2, 0.25) is 0 Å². The van der Waals surface area contributed by atoms with Gasteiger partial charge in [-0.25, -0.2) is 4.79 Å². The summed E-state index contributed by atoms with van der Waals surface area (Å²) in [4.78, 5) is 10.7. The molecule has 12 heavy (non-hydrogen) atoms. The van der Waals surface area contributed by atoms with Crippen molar-refractivity contribution in [1.29, 1.82) is 0 Å². The van der Waals surface area contributed by atoms with E-state index in [1.165, 1.54) is 0 Å². The highest BCUT2D eigenvalue weighted by Gasteiger charge is 2.10. The molecule has 0 radical (unpaired) electrons. The Kier molecular flexibility index (Phi) is 6.37. The van der Waals surface area contributed by atoms with Crippen molar-refractivity contribution in [3.8, 4) is 0 Å². The number of hydrogen-bond acceptors (Lipinski definition) is 2. The molecule has 70 valence electrons. The third-order valence-electron chi connectivity index (χ3n) is 1.45. The second-order valence-electron chi connectivity index (χ2n) is 2.28. The van der Waals surface area contributed by atoms with Crippen LogP contribution in [0.3, 0.4) is 0 Å². The van der Waals surface area contributed by atoms with Gasteiger partial charge in [-0.05, 0) is 29.0 Å². The van der Waals surface area contributed by atoms with E-state index in [0.717, 1.165) is 10.0 Å². The zero-order chi connectivity index (χ0) is 9.56. The van der Waals surface area contributed by atoms with Crippen LogP contribution in [-0.4, -0.2) is 24.8 Å². The van der Waals surface area contributed by atoms with Gasteiger partial charge in [0.1, 0.15) is 0 Å². The Labute approximate surface area is 85.9 Å². The fourth-order valence-corrected chi connectivity index (χ4v) is 1.28. The van der Waals surface area contributed by atoms with Gasteiger partial charge in [0, 0.05) is 22.7 Å². The minimum Gasteiger partial charge on any atom is -0.478 e. The van der Waals surface area contributed by atoms with Crippen molar-refractivity contribution >= 4 is 28.6 Å². The molecule has 4 heteroatoms. The van der Waals surface area contributed by atoms with Crippen LogP contribution in [0, 0.1) is 0 Å². The molecule has 0 bridgehead atoms. The summed E-state index contributed by atoms with van der Waals surface area (Å²) in [6.45, 7) is 2.41. The highest BCUT2D eigenvalue weighted by molar-refractivity contribution is 14.1. The maximum absolute atomic E-state index is 10.7. The summed E-state index contributed by atoms with van der Waals surface area (Å²) in [7, 11) is 1.57. The van der Waals surface area contributed by atoms with Crippen LogP contribution >= 0.6 is 22.6 Å². The number of carboxylic acids is 1. The fraction of sp³-hybridized carbons (Fsp3) is 0.625. The molecule has 0 aliphatic heterocycles. The molecule has 0 rings (SSSR count). The number of carbonyl (C=O) groups is 1. The average molecular weight is 284 g/mol. The van der Waals surface area contributed by atoms with Crippen LogP contribution in [0.1, 0.15) is 19.8 Å². The highest BCUT2D eigenvalue weighted by Crippen LogP contribution is 2.19. The predicted molar refractivity (Wildman–Crippen MR) is 55.5 cm³/mol. The minimum atomic E-state index is -0.835. The monoisotopic (exact) mass is 284 g/mol. The van der Waals surface area contributed by atoms with Gasteiger partial charge in [-0.3, -0.25) is 0 Å². The number of rotatable bonds is 5. The van der Waals surface area contributed by atoms with Gasteiger partial charge in [0.25, 0.3) is 0 Å². The predicted octanol–water partition coefficient (Wildman–Crippen LogP) is 2.21. The molecular weight excluding hydrogens is 271 g/mol. The molecular formula is C8H13IO3. The van der Waals surface area contributed by atoms with Crippen LogP contribution in [0.5, 0.6) is 0 Å². The lowest BCUT2D eigenvalue weighted by Crippen LogP contribution is -2.05. The van der Waals surface area contributed by atoms with E-state index in [1.807, 2.05) is 6.92 Å². The van der Waals surface area contributed by atoms with Gasteiger partial charge in [0.05, 0.1) is 6.61 Å². The number of methoxy groups -OCH3 is 1. The maximum atomic E-state index is 10.7. The molecule has 0 spiro atoms. The molecule has 0 heterocycles. The van der Waals surface area contributed by atoms with E-state index >= 15 is 0 Å². The Morgan fingerprint density at radius 3 is 2.50 bits per heavy atom. The molecule has 0 aromatic heterocycles. The van der Waals surface area contributed by atoms with Crippen LogP contribution in [0.2, 0.25) is 0 Å². The molecule has 0 aromatic carbocycles. The minimum absolute atomic E-state index is 0.466. The van der Waals surface area contributed by atoms with Crippen LogP contribution in [0.25, 0.3) is 0 Å². The smallest absolute Gasteiger partial charge is 0.332 e. The summed E-state index contributed by atoms with van der Waals surface area (Å²) in [6.07, 6.45) is 1.25. The quantitative estimate of drug-likeness (QED) is 0.622. The van der Waals surface area contributed by atoms with Gasteiger partial charge in [-0.1, -0.05) is 6.92 Å². The summed E-state index contributed by atoms with van der Waals surface area (Å²) >= 11 is 2.07. The Hall–Kier alpha value is -0.100. The van der Waals surface area contributed by atoms with Crippen LogP contribution in [-0.2, 0) is 9.53 Å². The highest BCUT2D eigenvalue weighted by atomic mass is 127. The topological polar surface area (TPSA) is 46.5 Å². The van der Waals surface area contributed by atoms with Crippen molar-refractivity contribution in [2.24, 2.45) is 0 Å². The first-order valence-corrected chi connectivity index (χ1v) is 4.81. The molecule has 0 aliphatic rings. The number of halogens is 1. The second kappa shape index (κ2) is 6.42. The largest absolute Gasteiger partial charge is 0.478 e. The second-order valence-corrected chi connectivity index (χ2v) is 3.59. The van der Waals surface area contributed by atoms with E-state index in [-0.39, 0.29) is 0 Å². The molecule has 1 N–H and O–H groups in total. The normalized spacial score (nSPS) is 12.6. The molecule has 0 saturated heterocycles. The van der Waals surface area contributed by atoms with E-state index in [4.69, 9.17) is 9.84 Å². The molecule has 0 unspecified atom stereocenters. The molecule has 0 fully saturated rings. The summed E-state index contributed by atoms with van der Waals surface area (Å²) in [5, 5.41) is 8.78.